The first-order valence-electron chi connectivity index (χ1n) is 7.92. The molecule has 2 aromatic carbocycles. The van der Waals surface area contributed by atoms with Gasteiger partial charge in [0.05, 0.1) is 12.0 Å². The zero-order chi connectivity index (χ0) is 19.6. The Kier molecular flexibility index (Phi) is 4.89. The highest BCUT2D eigenvalue weighted by Gasteiger charge is 2.23. The Balaban J connectivity index is 1.93. The van der Waals surface area contributed by atoms with Crippen LogP contribution in [0.2, 0.25) is 0 Å². The molecule has 1 heterocycles. The molecule has 8 nitrogen and oxygen atoms in total. The van der Waals surface area contributed by atoms with Crippen molar-refractivity contribution in [2.75, 3.05) is 7.11 Å². The number of nitrogens with zero attached hydrogens (tertiary/aromatic N) is 1. The molecule has 8 heteroatoms. The van der Waals surface area contributed by atoms with Gasteiger partial charge in [-0.05, 0) is 24.6 Å². The van der Waals surface area contributed by atoms with E-state index in [0.717, 1.165) is 0 Å². The summed E-state index contributed by atoms with van der Waals surface area (Å²) in [6, 6.07) is 10.4. The van der Waals surface area contributed by atoms with Crippen molar-refractivity contribution in [1.29, 1.82) is 0 Å². The van der Waals surface area contributed by atoms with E-state index in [1.165, 1.54) is 25.3 Å². The lowest BCUT2D eigenvalue weighted by Gasteiger charge is -2.09. The summed E-state index contributed by atoms with van der Waals surface area (Å²) >= 11 is 0. The molecular formula is C19H15NO7. The first kappa shape index (κ1) is 18.1. The zero-order valence-corrected chi connectivity index (χ0v) is 14.6. The Morgan fingerprint density at radius 1 is 1.22 bits per heavy atom. The number of benzene rings is 2. The van der Waals surface area contributed by atoms with Gasteiger partial charge in [0.15, 0.2) is 0 Å². The normalized spacial score (nSPS) is 10.6. The number of methoxy groups -OCH3 is 1. The van der Waals surface area contributed by atoms with E-state index in [9.17, 15) is 19.7 Å². The Morgan fingerprint density at radius 3 is 2.70 bits per heavy atom. The summed E-state index contributed by atoms with van der Waals surface area (Å²) in [6.45, 7) is 1.35. The van der Waals surface area contributed by atoms with Crippen molar-refractivity contribution >= 4 is 22.6 Å². The quantitative estimate of drug-likeness (QED) is 0.293. The Bertz CT molecular complexity index is 1100. The summed E-state index contributed by atoms with van der Waals surface area (Å²) in [5, 5.41) is 11.7. The third-order valence-electron chi connectivity index (χ3n) is 4.05. The van der Waals surface area contributed by atoms with Gasteiger partial charge in [-0.1, -0.05) is 12.1 Å². The van der Waals surface area contributed by atoms with Crippen molar-refractivity contribution in [3.63, 3.8) is 0 Å². The standard InChI is InChI=1S/C19H15NO7/c1-11-4-3-5-15(20(23)24)18(11)19(22)26-10-12-8-17(21)27-16-9-13(25-2)6-7-14(12)16/h3-9H,10H2,1-2H3. The van der Waals surface area contributed by atoms with Crippen LogP contribution in [-0.2, 0) is 11.3 Å². The maximum atomic E-state index is 12.4. The predicted molar refractivity (Wildman–Crippen MR) is 96.0 cm³/mol. The number of ether oxygens (including phenoxy) is 2. The molecule has 0 fully saturated rings. The molecule has 0 unspecified atom stereocenters. The van der Waals surface area contributed by atoms with E-state index in [2.05, 4.69) is 0 Å². The highest BCUT2D eigenvalue weighted by atomic mass is 16.6. The van der Waals surface area contributed by atoms with Gasteiger partial charge >= 0.3 is 11.6 Å². The first-order chi connectivity index (χ1) is 12.9. The number of hydrogen-bond acceptors (Lipinski definition) is 7. The van der Waals surface area contributed by atoms with Crippen molar-refractivity contribution in [2.45, 2.75) is 13.5 Å². The summed E-state index contributed by atoms with van der Waals surface area (Å²) in [4.78, 5) is 34.7. The van der Waals surface area contributed by atoms with E-state index in [4.69, 9.17) is 13.9 Å². The fourth-order valence-corrected chi connectivity index (χ4v) is 2.74. The predicted octanol–water partition coefficient (Wildman–Crippen LogP) is 3.38. The molecule has 0 atom stereocenters. The Morgan fingerprint density at radius 2 is 2.00 bits per heavy atom. The lowest BCUT2D eigenvalue weighted by Crippen LogP contribution is -2.11. The molecular weight excluding hydrogens is 354 g/mol. The molecule has 0 N–H and O–H groups in total. The molecule has 0 aliphatic rings. The molecule has 0 aliphatic carbocycles. The maximum Gasteiger partial charge on any atom is 0.345 e. The van der Waals surface area contributed by atoms with Crippen LogP contribution in [0.25, 0.3) is 11.0 Å². The first-order valence-corrected chi connectivity index (χ1v) is 7.92. The number of rotatable bonds is 5. The maximum absolute atomic E-state index is 12.4. The van der Waals surface area contributed by atoms with Crippen LogP contribution in [0.3, 0.4) is 0 Å². The van der Waals surface area contributed by atoms with Gasteiger partial charge in [-0.15, -0.1) is 0 Å². The third kappa shape index (κ3) is 3.64. The van der Waals surface area contributed by atoms with Gasteiger partial charge in [-0.3, -0.25) is 10.1 Å². The minimum Gasteiger partial charge on any atom is -0.497 e. The molecule has 27 heavy (non-hydrogen) atoms. The van der Waals surface area contributed by atoms with Crippen LogP contribution in [0.1, 0.15) is 21.5 Å². The van der Waals surface area contributed by atoms with E-state index in [1.54, 1.807) is 31.2 Å². The third-order valence-corrected chi connectivity index (χ3v) is 4.05. The van der Waals surface area contributed by atoms with Gasteiger partial charge in [0.1, 0.15) is 23.5 Å². The average molecular weight is 369 g/mol. The van der Waals surface area contributed by atoms with Gasteiger partial charge in [-0.25, -0.2) is 9.59 Å². The van der Waals surface area contributed by atoms with E-state index >= 15 is 0 Å². The topological polar surface area (TPSA) is 109 Å². The highest BCUT2D eigenvalue weighted by molar-refractivity contribution is 5.95. The van der Waals surface area contributed by atoms with Gasteiger partial charge in [-0.2, -0.15) is 0 Å². The second kappa shape index (κ2) is 7.28. The fourth-order valence-electron chi connectivity index (χ4n) is 2.74. The molecule has 3 aromatic rings. The van der Waals surface area contributed by atoms with Gasteiger partial charge in [0.25, 0.3) is 5.69 Å². The molecule has 0 bridgehead atoms. The van der Waals surface area contributed by atoms with Crippen LogP contribution in [0.4, 0.5) is 5.69 Å². The molecule has 0 saturated carbocycles. The monoisotopic (exact) mass is 369 g/mol. The minimum absolute atomic E-state index is 0.114. The van der Waals surface area contributed by atoms with Crippen molar-refractivity contribution in [3.8, 4) is 5.75 Å². The summed E-state index contributed by atoms with van der Waals surface area (Å²) in [6.07, 6.45) is 0. The van der Waals surface area contributed by atoms with Crippen LogP contribution in [0.15, 0.2) is 51.7 Å². The van der Waals surface area contributed by atoms with Crippen LogP contribution < -0.4 is 10.4 Å². The van der Waals surface area contributed by atoms with Crippen LogP contribution in [0, 0.1) is 17.0 Å². The largest absolute Gasteiger partial charge is 0.497 e. The smallest absolute Gasteiger partial charge is 0.345 e. The van der Waals surface area contributed by atoms with Crippen LogP contribution >= 0.6 is 0 Å². The van der Waals surface area contributed by atoms with Gasteiger partial charge in [0.2, 0.25) is 0 Å². The molecule has 0 spiro atoms. The summed E-state index contributed by atoms with van der Waals surface area (Å²) in [5.74, 6) is -0.329. The fraction of sp³-hybridized carbons (Fsp3) is 0.158. The minimum atomic E-state index is -0.838. The van der Waals surface area contributed by atoms with Crippen LogP contribution in [-0.4, -0.2) is 18.0 Å². The number of esters is 1. The summed E-state index contributed by atoms with van der Waals surface area (Å²) in [7, 11) is 1.49. The van der Waals surface area contributed by atoms with E-state index in [1.807, 2.05) is 0 Å². The number of fused-ring (bicyclic) bond motifs is 1. The second-order valence-corrected chi connectivity index (χ2v) is 5.76. The van der Waals surface area contributed by atoms with E-state index in [0.29, 0.717) is 22.3 Å². The molecule has 0 amide bonds. The van der Waals surface area contributed by atoms with Crippen molar-refractivity contribution in [3.05, 3.63) is 79.7 Å². The molecule has 3 rings (SSSR count). The number of aryl methyl sites for hydroxylation is 1. The Labute approximate surface area is 153 Å². The van der Waals surface area contributed by atoms with E-state index < -0.39 is 16.5 Å². The van der Waals surface area contributed by atoms with Crippen molar-refractivity contribution < 1.29 is 23.6 Å². The Hall–Kier alpha value is -3.68. The number of carbonyl (C=O) groups excluding carboxylic acids is 1. The van der Waals surface area contributed by atoms with Gasteiger partial charge < -0.3 is 13.9 Å². The molecule has 0 saturated heterocycles. The lowest BCUT2D eigenvalue weighted by molar-refractivity contribution is -0.385. The van der Waals surface area contributed by atoms with Crippen molar-refractivity contribution in [2.24, 2.45) is 0 Å². The van der Waals surface area contributed by atoms with Gasteiger partial charge in [0, 0.05) is 29.1 Å². The SMILES string of the molecule is COc1ccc2c(COC(=O)c3c(C)cccc3[N+](=O)[O-])cc(=O)oc2c1. The zero-order valence-electron chi connectivity index (χ0n) is 14.6. The summed E-state index contributed by atoms with van der Waals surface area (Å²) < 4.78 is 15.5. The molecule has 0 aliphatic heterocycles. The molecule has 0 radical (unpaired) electrons. The van der Waals surface area contributed by atoms with Crippen LogP contribution in [0.5, 0.6) is 5.75 Å². The second-order valence-electron chi connectivity index (χ2n) is 5.76. The highest BCUT2D eigenvalue weighted by Crippen LogP contribution is 2.25. The number of hydrogen-bond donors (Lipinski definition) is 0. The molecule has 138 valence electrons. The number of carbonyl (C=O) groups is 1. The summed E-state index contributed by atoms with van der Waals surface area (Å²) in [5.41, 5.74) is 0.0851. The molecule has 1 aromatic heterocycles. The van der Waals surface area contributed by atoms with Crippen molar-refractivity contribution in [1.82, 2.24) is 0 Å². The number of nitro benzene ring substituents is 1. The number of nitro groups is 1. The average Bonchev–Trinajstić information content (AvgIpc) is 2.64. The van der Waals surface area contributed by atoms with E-state index in [-0.39, 0.29) is 23.4 Å². The lowest BCUT2D eigenvalue weighted by atomic mass is 10.1.